The van der Waals surface area contributed by atoms with Crippen LogP contribution in [-0.4, -0.2) is 43.7 Å². The van der Waals surface area contributed by atoms with Crippen LogP contribution >= 0.6 is 0 Å². The zero-order valence-electron chi connectivity index (χ0n) is 12.4. The Morgan fingerprint density at radius 1 is 1.25 bits per heavy atom. The third-order valence-electron chi connectivity index (χ3n) is 4.28. The van der Waals surface area contributed by atoms with E-state index < -0.39 is 0 Å². The van der Waals surface area contributed by atoms with Gasteiger partial charge >= 0.3 is 0 Å². The summed E-state index contributed by atoms with van der Waals surface area (Å²) in [7, 11) is 2.14. The molecule has 1 aliphatic heterocycles. The van der Waals surface area contributed by atoms with Gasteiger partial charge in [0.1, 0.15) is 5.82 Å². The molecule has 1 aromatic carbocycles. The first-order valence-electron chi connectivity index (χ1n) is 7.60. The molecule has 3 nitrogen and oxygen atoms in total. The number of piperazine rings is 1. The molecule has 110 valence electrons. The first-order chi connectivity index (χ1) is 9.61. The van der Waals surface area contributed by atoms with Crippen LogP contribution in [0.25, 0.3) is 0 Å². The summed E-state index contributed by atoms with van der Waals surface area (Å²) >= 11 is 0. The Bertz CT molecular complexity index is 473. The Balaban J connectivity index is 1.74. The third kappa shape index (κ3) is 3.30. The highest BCUT2D eigenvalue weighted by Gasteiger charge is 2.23. The van der Waals surface area contributed by atoms with E-state index in [2.05, 4.69) is 35.2 Å². The van der Waals surface area contributed by atoms with Gasteiger partial charge in [0.25, 0.3) is 0 Å². The summed E-state index contributed by atoms with van der Waals surface area (Å²) in [4.78, 5) is 4.65. The summed E-state index contributed by atoms with van der Waals surface area (Å²) < 4.78 is 13.9. The van der Waals surface area contributed by atoms with Gasteiger partial charge in [-0.1, -0.05) is 0 Å². The van der Waals surface area contributed by atoms with E-state index in [0.29, 0.717) is 12.1 Å². The van der Waals surface area contributed by atoms with E-state index in [4.69, 9.17) is 0 Å². The van der Waals surface area contributed by atoms with Crippen LogP contribution in [0.15, 0.2) is 18.2 Å². The van der Waals surface area contributed by atoms with Crippen LogP contribution in [0.3, 0.4) is 0 Å². The molecular weight excluding hydrogens is 253 g/mol. The maximum Gasteiger partial charge on any atom is 0.125 e. The van der Waals surface area contributed by atoms with Crippen LogP contribution in [0, 0.1) is 5.82 Å². The first-order valence-corrected chi connectivity index (χ1v) is 7.60. The van der Waals surface area contributed by atoms with Crippen LogP contribution < -0.4 is 10.2 Å². The fourth-order valence-corrected chi connectivity index (χ4v) is 2.97. The molecule has 1 saturated carbocycles. The second-order valence-electron chi connectivity index (χ2n) is 6.28. The third-order valence-corrected chi connectivity index (χ3v) is 4.28. The van der Waals surface area contributed by atoms with Crippen molar-refractivity contribution in [1.82, 2.24) is 10.2 Å². The smallest absolute Gasteiger partial charge is 0.125 e. The van der Waals surface area contributed by atoms with Crippen molar-refractivity contribution in [2.45, 2.75) is 38.4 Å². The minimum absolute atomic E-state index is 0.124. The molecule has 1 unspecified atom stereocenters. The number of benzene rings is 1. The van der Waals surface area contributed by atoms with Crippen molar-refractivity contribution in [3.63, 3.8) is 0 Å². The molecule has 2 fully saturated rings. The number of halogens is 1. The van der Waals surface area contributed by atoms with Crippen molar-refractivity contribution in [1.29, 1.82) is 0 Å². The van der Waals surface area contributed by atoms with E-state index in [0.717, 1.165) is 37.4 Å². The topological polar surface area (TPSA) is 18.5 Å². The van der Waals surface area contributed by atoms with E-state index >= 15 is 0 Å². The van der Waals surface area contributed by atoms with E-state index in [-0.39, 0.29) is 5.82 Å². The average Bonchev–Trinajstić information content (AvgIpc) is 3.19. The second kappa shape index (κ2) is 5.70. The van der Waals surface area contributed by atoms with Crippen LogP contribution in [-0.2, 0) is 6.54 Å². The first kappa shape index (κ1) is 13.8. The Morgan fingerprint density at radius 3 is 2.75 bits per heavy atom. The van der Waals surface area contributed by atoms with E-state index in [1.54, 1.807) is 12.1 Å². The highest BCUT2D eigenvalue weighted by atomic mass is 19.1. The van der Waals surface area contributed by atoms with Gasteiger partial charge in [0.2, 0.25) is 0 Å². The summed E-state index contributed by atoms with van der Waals surface area (Å²) in [6, 6.07) is 6.55. The highest BCUT2D eigenvalue weighted by Crippen LogP contribution is 2.24. The van der Waals surface area contributed by atoms with Gasteiger partial charge in [0, 0.05) is 44.0 Å². The van der Waals surface area contributed by atoms with Crippen LogP contribution in [0.1, 0.15) is 25.3 Å². The predicted octanol–water partition coefficient (Wildman–Crippen LogP) is 2.22. The zero-order valence-corrected chi connectivity index (χ0v) is 12.4. The van der Waals surface area contributed by atoms with Gasteiger partial charge < -0.3 is 15.1 Å². The monoisotopic (exact) mass is 277 g/mol. The zero-order chi connectivity index (χ0) is 14.1. The SMILES string of the molecule is CC1CN(C)CCN1c1cc(F)cc(CNC2CC2)c1. The molecule has 1 atom stereocenters. The molecule has 1 heterocycles. The molecule has 0 spiro atoms. The number of rotatable bonds is 4. The van der Waals surface area contributed by atoms with Crippen molar-refractivity contribution in [2.75, 3.05) is 31.6 Å². The molecule has 0 bridgehead atoms. The predicted molar refractivity (Wildman–Crippen MR) is 80.6 cm³/mol. The van der Waals surface area contributed by atoms with E-state index in [9.17, 15) is 4.39 Å². The average molecular weight is 277 g/mol. The Hall–Kier alpha value is -1.13. The summed E-state index contributed by atoms with van der Waals surface area (Å²) in [6.45, 7) is 6.03. The number of hydrogen-bond donors (Lipinski definition) is 1. The maximum atomic E-state index is 13.9. The van der Waals surface area contributed by atoms with Gasteiger partial charge in [-0.25, -0.2) is 4.39 Å². The van der Waals surface area contributed by atoms with Gasteiger partial charge in [-0.3, -0.25) is 0 Å². The van der Waals surface area contributed by atoms with Gasteiger partial charge in [-0.05, 0) is 50.6 Å². The normalized spacial score (nSPS) is 24.1. The molecule has 1 aliphatic carbocycles. The van der Waals surface area contributed by atoms with Gasteiger partial charge in [-0.15, -0.1) is 0 Å². The molecule has 0 aromatic heterocycles. The van der Waals surface area contributed by atoms with Crippen molar-refractivity contribution < 1.29 is 4.39 Å². The lowest BCUT2D eigenvalue weighted by Crippen LogP contribution is -2.50. The molecule has 3 rings (SSSR count). The standard InChI is InChI=1S/C16H24FN3/c1-12-11-19(2)5-6-20(12)16-8-13(7-14(17)9-16)10-18-15-3-4-15/h7-9,12,15,18H,3-6,10-11H2,1-2H3. The summed E-state index contributed by atoms with van der Waals surface area (Å²) in [6.07, 6.45) is 2.52. The Kier molecular flexibility index (Phi) is 3.94. The van der Waals surface area contributed by atoms with Gasteiger partial charge in [-0.2, -0.15) is 0 Å². The summed E-state index contributed by atoms with van der Waals surface area (Å²) in [5.41, 5.74) is 2.08. The lowest BCUT2D eigenvalue weighted by molar-refractivity contribution is 0.275. The number of hydrogen-bond acceptors (Lipinski definition) is 3. The number of likely N-dealkylation sites (N-methyl/N-ethyl adjacent to an activating group) is 1. The largest absolute Gasteiger partial charge is 0.366 e. The maximum absolute atomic E-state index is 13.9. The second-order valence-corrected chi connectivity index (χ2v) is 6.28. The highest BCUT2D eigenvalue weighted by molar-refractivity contribution is 5.50. The Labute approximate surface area is 120 Å². The van der Waals surface area contributed by atoms with Crippen LogP contribution in [0.4, 0.5) is 10.1 Å². The molecule has 0 amide bonds. The van der Waals surface area contributed by atoms with Gasteiger partial charge in [0.05, 0.1) is 0 Å². The van der Waals surface area contributed by atoms with E-state index in [1.165, 1.54) is 12.8 Å². The van der Waals surface area contributed by atoms with Crippen LogP contribution in [0.5, 0.6) is 0 Å². The molecule has 0 radical (unpaired) electrons. The summed E-state index contributed by atoms with van der Waals surface area (Å²) in [5.74, 6) is -0.124. The lowest BCUT2D eigenvalue weighted by Gasteiger charge is -2.40. The molecule has 1 saturated heterocycles. The Morgan fingerprint density at radius 2 is 2.05 bits per heavy atom. The molecule has 2 aliphatic rings. The molecular formula is C16H24FN3. The number of nitrogens with one attached hydrogen (secondary N) is 1. The number of nitrogens with zero attached hydrogens (tertiary/aromatic N) is 2. The molecule has 1 N–H and O–H groups in total. The fraction of sp³-hybridized carbons (Fsp3) is 0.625. The van der Waals surface area contributed by atoms with Crippen molar-refractivity contribution in [3.8, 4) is 0 Å². The summed E-state index contributed by atoms with van der Waals surface area (Å²) in [5, 5.41) is 3.46. The quantitative estimate of drug-likeness (QED) is 0.910. The minimum atomic E-state index is -0.124. The van der Waals surface area contributed by atoms with E-state index in [1.807, 2.05) is 0 Å². The van der Waals surface area contributed by atoms with Crippen molar-refractivity contribution in [3.05, 3.63) is 29.6 Å². The molecule has 20 heavy (non-hydrogen) atoms. The van der Waals surface area contributed by atoms with Crippen molar-refractivity contribution >= 4 is 5.69 Å². The lowest BCUT2D eigenvalue weighted by atomic mass is 10.1. The van der Waals surface area contributed by atoms with Crippen molar-refractivity contribution in [2.24, 2.45) is 0 Å². The van der Waals surface area contributed by atoms with Gasteiger partial charge in [0.15, 0.2) is 0 Å². The minimum Gasteiger partial charge on any atom is -0.366 e. The number of anilines is 1. The molecule has 1 aromatic rings. The van der Waals surface area contributed by atoms with Crippen LogP contribution in [0.2, 0.25) is 0 Å². The fourth-order valence-electron chi connectivity index (χ4n) is 2.97. The molecule has 4 heteroatoms.